The molecule has 0 radical (unpaired) electrons. The second kappa shape index (κ2) is 3.38. The van der Waals surface area contributed by atoms with E-state index >= 15 is 0 Å². The fourth-order valence-electron chi connectivity index (χ4n) is 1.58. The standard InChI is InChI=1S/C10H17NO/c1-8-5-4-6-11-7-10(2,3)9(8)12/h6,8H,4-5,7H2,1-3H3/b11-6-. The third kappa shape index (κ3) is 1.93. The summed E-state index contributed by atoms with van der Waals surface area (Å²) < 4.78 is 0. The Morgan fingerprint density at radius 2 is 2.25 bits per heavy atom. The minimum atomic E-state index is -0.254. The van der Waals surface area contributed by atoms with E-state index in [1.807, 2.05) is 27.0 Å². The summed E-state index contributed by atoms with van der Waals surface area (Å²) in [6.45, 7) is 6.63. The third-order valence-electron chi connectivity index (χ3n) is 2.46. The van der Waals surface area contributed by atoms with Crippen LogP contribution in [-0.2, 0) is 4.79 Å². The molecule has 1 atom stereocenters. The lowest BCUT2D eigenvalue weighted by Crippen LogP contribution is -2.33. The Morgan fingerprint density at radius 1 is 1.58 bits per heavy atom. The van der Waals surface area contributed by atoms with Gasteiger partial charge >= 0.3 is 0 Å². The van der Waals surface area contributed by atoms with Crippen molar-refractivity contribution in [3.05, 3.63) is 0 Å². The monoisotopic (exact) mass is 167 g/mol. The highest BCUT2D eigenvalue weighted by Gasteiger charge is 2.31. The summed E-state index contributed by atoms with van der Waals surface area (Å²) in [5.41, 5.74) is -0.254. The van der Waals surface area contributed by atoms with Gasteiger partial charge in [-0.25, -0.2) is 0 Å². The number of Topliss-reactive ketones (excluding diaryl/α,β-unsaturated/α-hetero) is 1. The van der Waals surface area contributed by atoms with E-state index in [9.17, 15) is 4.79 Å². The van der Waals surface area contributed by atoms with Crippen molar-refractivity contribution in [2.24, 2.45) is 16.3 Å². The maximum Gasteiger partial charge on any atom is 0.143 e. The molecule has 0 aromatic carbocycles. The molecule has 0 fully saturated rings. The molecule has 0 aromatic heterocycles. The molecule has 1 rings (SSSR count). The lowest BCUT2D eigenvalue weighted by atomic mass is 9.80. The summed E-state index contributed by atoms with van der Waals surface area (Å²) >= 11 is 0. The molecule has 0 saturated carbocycles. The van der Waals surface area contributed by atoms with Crippen molar-refractivity contribution in [1.29, 1.82) is 0 Å². The number of carbonyl (C=O) groups excluding carboxylic acids is 1. The van der Waals surface area contributed by atoms with Crippen molar-refractivity contribution in [3.63, 3.8) is 0 Å². The van der Waals surface area contributed by atoms with Crippen LogP contribution in [0.4, 0.5) is 0 Å². The molecule has 1 aliphatic heterocycles. The van der Waals surface area contributed by atoms with Crippen LogP contribution in [0.25, 0.3) is 0 Å². The van der Waals surface area contributed by atoms with Gasteiger partial charge in [0.15, 0.2) is 0 Å². The molecule has 12 heavy (non-hydrogen) atoms. The number of carbonyl (C=O) groups is 1. The lowest BCUT2D eigenvalue weighted by molar-refractivity contribution is -0.130. The highest BCUT2D eigenvalue weighted by Crippen LogP contribution is 2.25. The molecule has 2 heteroatoms. The van der Waals surface area contributed by atoms with E-state index in [-0.39, 0.29) is 11.3 Å². The average Bonchev–Trinajstić information content (AvgIpc) is 2.00. The van der Waals surface area contributed by atoms with Crippen LogP contribution in [0, 0.1) is 11.3 Å². The Morgan fingerprint density at radius 3 is 2.92 bits per heavy atom. The predicted molar refractivity (Wildman–Crippen MR) is 50.5 cm³/mol. The zero-order valence-electron chi connectivity index (χ0n) is 8.13. The lowest BCUT2D eigenvalue weighted by Gasteiger charge is -2.26. The van der Waals surface area contributed by atoms with Crippen molar-refractivity contribution in [1.82, 2.24) is 0 Å². The van der Waals surface area contributed by atoms with Gasteiger partial charge in [-0.05, 0) is 19.1 Å². The Labute approximate surface area is 74.1 Å². The number of aliphatic imine (C=N–C) groups is 1. The Bertz CT molecular complexity index is 206. The predicted octanol–water partition coefficient (Wildman–Crippen LogP) is 2.08. The molecule has 0 aromatic rings. The summed E-state index contributed by atoms with van der Waals surface area (Å²) in [5.74, 6) is 0.561. The van der Waals surface area contributed by atoms with Crippen LogP contribution in [0.3, 0.4) is 0 Å². The van der Waals surface area contributed by atoms with Gasteiger partial charge in [-0.15, -0.1) is 0 Å². The molecule has 0 saturated heterocycles. The van der Waals surface area contributed by atoms with E-state index in [0.717, 1.165) is 12.8 Å². The number of hydrogen-bond donors (Lipinski definition) is 0. The summed E-state index contributed by atoms with van der Waals surface area (Å²) in [5, 5.41) is 0. The van der Waals surface area contributed by atoms with Crippen LogP contribution in [0.5, 0.6) is 0 Å². The fraction of sp³-hybridized carbons (Fsp3) is 0.800. The second-order valence-electron chi connectivity index (χ2n) is 4.25. The van der Waals surface area contributed by atoms with Gasteiger partial charge in [-0.2, -0.15) is 0 Å². The van der Waals surface area contributed by atoms with E-state index < -0.39 is 0 Å². The van der Waals surface area contributed by atoms with Crippen molar-refractivity contribution in [2.75, 3.05) is 6.54 Å². The van der Waals surface area contributed by atoms with E-state index in [4.69, 9.17) is 0 Å². The van der Waals surface area contributed by atoms with E-state index in [0.29, 0.717) is 12.3 Å². The molecule has 0 N–H and O–H groups in total. The minimum Gasteiger partial charge on any atom is -0.299 e. The van der Waals surface area contributed by atoms with Crippen molar-refractivity contribution in [2.45, 2.75) is 33.6 Å². The van der Waals surface area contributed by atoms with Gasteiger partial charge < -0.3 is 0 Å². The molecular formula is C10H17NO. The SMILES string of the molecule is CC1CC/C=N\CC(C)(C)C1=O. The van der Waals surface area contributed by atoms with E-state index in [1.165, 1.54) is 0 Å². The van der Waals surface area contributed by atoms with Crippen LogP contribution >= 0.6 is 0 Å². The summed E-state index contributed by atoms with van der Waals surface area (Å²) in [6, 6.07) is 0. The second-order valence-corrected chi connectivity index (χ2v) is 4.25. The smallest absolute Gasteiger partial charge is 0.143 e. The normalized spacial score (nSPS) is 32.2. The number of ketones is 1. The fourth-order valence-corrected chi connectivity index (χ4v) is 1.58. The van der Waals surface area contributed by atoms with Crippen LogP contribution in [0.2, 0.25) is 0 Å². The molecule has 1 heterocycles. The van der Waals surface area contributed by atoms with Crippen LogP contribution < -0.4 is 0 Å². The first-order chi connectivity index (χ1) is 5.54. The Hall–Kier alpha value is -0.660. The largest absolute Gasteiger partial charge is 0.299 e. The van der Waals surface area contributed by atoms with Crippen LogP contribution in [0.15, 0.2) is 4.99 Å². The van der Waals surface area contributed by atoms with E-state index in [1.54, 1.807) is 0 Å². The number of rotatable bonds is 0. The Balaban J connectivity index is 2.80. The van der Waals surface area contributed by atoms with Gasteiger partial charge in [0, 0.05) is 11.3 Å². The highest BCUT2D eigenvalue weighted by molar-refractivity contribution is 5.87. The molecule has 0 aliphatic carbocycles. The first kappa shape index (κ1) is 9.43. The maximum absolute atomic E-state index is 11.7. The zero-order chi connectivity index (χ0) is 9.19. The minimum absolute atomic E-state index is 0.201. The summed E-state index contributed by atoms with van der Waals surface area (Å²) in [4.78, 5) is 16.0. The first-order valence-corrected chi connectivity index (χ1v) is 4.56. The molecule has 1 aliphatic rings. The highest BCUT2D eigenvalue weighted by atomic mass is 16.1. The maximum atomic E-state index is 11.7. The van der Waals surface area contributed by atoms with Crippen molar-refractivity contribution in [3.8, 4) is 0 Å². The summed E-state index contributed by atoms with van der Waals surface area (Å²) in [6.07, 6.45) is 3.85. The zero-order valence-corrected chi connectivity index (χ0v) is 8.13. The van der Waals surface area contributed by atoms with Gasteiger partial charge in [0.2, 0.25) is 0 Å². The van der Waals surface area contributed by atoms with E-state index in [2.05, 4.69) is 4.99 Å². The molecule has 2 nitrogen and oxygen atoms in total. The van der Waals surface area contributed by atoms with Crippen LogP contribution in [0.1, 0.15) is 33.6 Å². The van der Waals surface area contributed by atoms with Gasteiger partial charge in [0.1, 0.15) is 5.78 Å². The van der Waals surface area contributed by atoms with Crippen molar-refractivity contribution < 1.29 is 4.79 Å². The number of hydrogen-bond acceptors (Lipinski definition) is 2. The van der Waals surface area contributed by atoms with Gasteiger partial charge in [0.05, 0.1) is 6.54 Å². The van der Waals surface area contributed by atoms with Crippen LogP contribution in [-0.4, -0.2) is 18.5 Å². The molecule has 68 valence electrons. The number of nitrogens with zero attached hydrogens (tertiary/aromatic N) is 1. The molecule has 0 amide bonds. The summed E-state index contributed by atoms with van der Waals surface area (Å²) in [7, 11) is 0. The molecule has 0 spiro atoms. The average molecular weight is 167 g/mol. The molecular weight excluding hydrogens is 150 g/mol. The quantitative estimate of drug-likeness (QED) is 0.543. The third-order valence-corrected chi connectivity index (χ3v) is 2.46. The Kier molecular flexibility index (Phi) is 2.65. The molecule has 0 bridgehead atoms. The van der Waals surface area contributed by atoms with Crippen molar-refractivity contribution >= 4 is 12.0 Å². The van der Waals surface area contributed by atoms with Gasteiger partial charge in [-0.3, -0.25) is 9.79 Å². The molecule has 1 unspecified atom stereocenters. The van der Waals surface area contributed by atoms with Gasteiger partial charge in [0.25, 0.3) is 0 Å². The topological polar surface area (TPSA) is 29.4 Å². The van der Waals surface area contributed by atoms with Gasteiger partial charge in [-0.1, -0.05) is 20.8 Å². The first-order valence-electron chi connectivity index (χ1n) is 4.56.